The molecule has 2 rings (SSSR count). The first kappa shape index (κ1) is 24.9. The van der Waals surface area contributed by atoms with Gasteiger partial charge in [-0.05, 0) is 19.3 Å². The summed E-state index contributed by atoms with van der Waals surface area (Å²) in [6, 6.07) is 0.505. The normalized spacial score (nSPS) is 22.6. The fourth-order valence-corrected chi connectivity index (χ4v) is 4.16. The highest BCUT2D eigenvalue weighted by Gasteiger charge is 2.27. The lowest BCUT2D eigenvalue weighted by Crippen LogP contribution is -2.49. The van der Waals surface area contributed by atoms with Crippen molar-refractivity contribution in [3.63, 3.8) is 0 Å². The van der Waals surface area contributed by atoms with E-state index in [1.165, 1.54) is 12.8 Å². The van der Waals surface area contributed by atoms with Gasteiger partial charge in [0.05, 0.1) is 26.4 Å². The van der Waals surface area contributed by atoms with E-state index >= 15 is 0 Å². The minimum atomic E-state index is 0. The van der Waals surface area contributed by atoms with Crippen LogP contribution in [0.4, 0.5) is 0 Å². The lowest BCUT2D eigenvalue weighted by molar-refractivity contribution is 0.00391. The van der Waals surface area contributed by atoms with E-state index in [4.69, 9.17) is 14.5 Å². The number of morpholine rings is 1. The monoisotopic (exact) mass is 496 g/mol. The molecule has 0 aromatic rings. The molecule has 6 nitrogen and oxygen atoms in total. The van der Waals surface area contributed by atoms with Crippen LogP contribution in [0.25, 0.3) is 0 Å². The van der Waals surface area contributed by atoms with Crippen molar-refractivity contribution in [3.05, 3.63) is 0 Å². The number of hydrogen-bond acceptors (Lipinski definition) is 4. The summed E-state index contributed by atoms with van der Waals surface area (Å²) in [5.41, 5.74) is 0. The molecule has 2 aliphatic heterocycles. The van der Waals surface area contributed by atoms with Crippen LogP contribution in [0.3, 0.4) is 0 Å². The molecule has 0 radical (unpaired) electrons. The van der Waals surface area contributed by atoms with Crippen molar-refractivity contribution in [1.29, 1.82) is 0 Å². The van der Waals surface area contributed by atoms with Crippen molar-refractivity contribution in [2.45, 2.75) is 46.1 Å². The molecule has 2 fully saturated rings. The van der Waals surface area contributed by atoms with E-state index in [0.29, 0.717) is 17.9 Å². The molecule has 2 atom stereocenters. The minimum absolute atomic E-state index is 0. The Bertz CT molecular complexity index is 409. The second-order valence-electron chi connectivity index (χ2n) is 7.60. The van der Waals surface area contributed by atoms with E-state index in [2.05, 4.69) is 42.9 Å². The Kier molecular flexibility index (Phi) is 12.9. The van der Waals surface area contributed by atoms with E-state index in [1.807, 2.05) is 0 Å². The third kappa shape index (κ3) is 8.03. The molecule has 0 spiro atoms. The Hall–Kier alpha value is -0.120. The maximum absolute atomic E-state index is 5.56. The molecular weight excluding hydrogens is 455 g/mol. The van der Waals surface area contributed by atoms with Crippen LogP contribution in [-0.2, 0) is 9.47 Å². The molecule has 0 aromatic carbocycles. The first-order valence-corrected chi connectivity index (χ1v) is 10.6. The van der Waals surface area contributed by atoms with Gasteiger partial charge in [-0.2, -0.15) is 0 Å². The molecule has 2 saturated heterocycles. The SMILES string of the molecule is CCNC(=NCC(C(CC)CC)N1CCOCC1)N(C)CC1CCOC1.I. The smallest absolute Gasteiger partial charge is 0.193 e. The summed E-state index contributed by atoms with van der Waals surface area (Å²) in [6.07, 6.45) is 3.58. The van der Waals surface area contributed by atoms with Gasteiger partial charge >= 0.3 is 0 Å². The first-order valence-electron chi connectivity index (χ1n) is 10.6. The molecule has 2 aliphatic rings. The minimum Gasteiger partial charge on any atom is -0.381 e. The van der Waals surface area contributed by atoms with E-state index in [-0.39, 0.29) is 24.0 Å². The van der Waals surface area contributed by atoms with Crippen LogP contribution in [0.2, 0.25) is 0 Å². The van der Waals surface area contributed by atoms with Crippen molar-refractivity contribution < 1.29 is 9.47 Å². The highest BCUT2D eigenvalue weighted by atomic mass is 127. The first-order chi connectivity index (χ1) is 12.7. The fraction of sp³-hybridized carbons (Fsp3) is 0.950. The number of aliphatic imine (C=N–C) groups is 1. The van der Waals surface area contributed by atoms with Crippen molar-refractivity contribution in [2.24, 2.45) is 16.8 Å². The van der Waals surface area contributed by atoms with Crippen LogP contribution in [0, 0.1) is 11.8 Å². The average Bonchev–Trinajstić information content (AvgIpc) is 3.17. The summed E-state index contributed by atoms with van der Waals surface area (Å²) in [5.74, 6) is 2.34. The molecule has 7 heteroatoms. The number of rotatable bonds is 9. The van der Waals surface area contributed by atoms with Gasteiger partial charge in [0.15, 0.2) is 5.96 Å². The Morgan fingerprint density at radius 1 is 1.15 bits per heavy atom. The standard InChI is InChI=1S/C20H40N4O2.HI/c1-5-18(6-2)19(24-9-12-25-13-10-24)14-22-20(21-7-3)23(4)15-17-8-11-26-16-17;/h17-19H,5-16H2,1-4H3,(H,21,22);1H. The maximum atomic E-state index is 5.56. The molecule has 2 heterocycles. The molecule has 1 N–H and O–H groups in total. The van der Waals surface area contributed by atoms with Gasteiger partial charge in [-0.1, -0.05) is 26.7 Å². The number of hydrogen-bond donors (Lipinski definition) is 1. The van der Waals surface area contributed by atoms with Gasteiger partial charge in [0.2, 0.25) is 0 Å². The van der Waals surface area contributed by atoms with Gasteiger partial charge in [-0.3, -0.25) is 9.89 Å². The summed E-state index contributed by atoms with van der Waals surface area (Å²) < 4.78 is 11.1. The van der Waals surface area contributed by atoms with Crippen LogP contribution in [-0.4, -0.2) is 88.0 Å². The summed E-state index contributed by atoms with van der Waals surface area (Å²) in [4.78, 5) is 9.94. The summed E-state index contributed by atoms with van der Waals surface area (Å²) >= 11 is 0. The van der Waals surface area contributed by atoms with Gasteiger partial charge in [-0.25, -0.2) is 0 Å². The molecule has 2 unspecified atom stereocenters. The number of halogens is 1. The molecule has 0 saturated carbocycles. The quantitative estimate of drug-likeness (QED) is 0.302. The van der Waals surface area contributed by atoms with E-state index < -0.39 is 0 Å². The topological polar surface area (TPSA) is 49.3 Å². The zero-order valence-corrected chi connectivity index (χ0v) is 20.1. The highest BCUT2D eigenvalue weighted by molar-refractivity contribution is 14.0. The number of nitrogens with one attached hydrogen (secondary N) is 1. The van der Waals surface area contributed by atoms with Crippen LogP contribution in [0.5, 0.6) is 0 Å². The number of guanidine groups is 1. The van der Waals surface area contributed by atoms with E-state index in [9.17, 15) is 0 Å². The van der Waals surface area contributed by atoms with E-state index in [1.54, 1.807) is 0 Å². The largest absolute Gasteiger partial charge is 0.381 e. The summed E-state index contributed by atoms with van der Waals surface area (Å²) in [6.45, 7) is 15.1. The van der Waals surface area contributed by atoms with Gasteiger partial charge in [0.25, 0.3) is 0 Å². The zero-order chi connectivity index (χ0) is 18.8. The molecule has 160 valence electrons. The van der Waals surface area contributed by atoms with E-state index in [0.717, 1.165) is 71.5 Å². The summed E-state index contributed by atoms with van der Waals surface area (Å²) in [5, 5.41) is 3.48. The predicted octanol–water partition coefficient (Wildman–Crippen LogP) is 2.68. The zero-order valence-electron chi connectivity index (χ0n) is 17.8. The molecular formula is C20H41IN4O2. The molecule has 0 bridgehead atoms. The van der Waals surface area contributed by atoms with Crippen molar-refractivity contribution in [1.82, 2.24) is 15.1 Å². The fourth-order valence-electron chi connectivity index (χ4n) is 4.16. The number of nitrogens with zero attached hydrogens (tertiary/aromatic N) is 3. The lowest BCUT2D eigenvalue weighted by atomic mass is 9.92. The third-order valence-corrected chi connectivity index (χ3v) is 5.79. The van der Waals surface area contributed by atoms with Gasteiger partial charge < -0.3 is 19.7 Å². The third-order valence-electron chi connectivity index (χ3n) is 5.79. The Morgan fingerprint density at radius 2 is 1.85 bits per heavy atom. The Balaban J connectivity index is 0.00000364. The second kappa shape index (κ2) is 14.0. The van der Waals surface area contributed by atoms with Crippen LogP contribution in [0.1, 0.15) is 40.0 Å². The Labute approximate surface area is 183 Å². The molecule has 0 amide bonds. The van der Waals surface area contributed by atoms with Crippen LogP contribution in [0.15, 0.2) is 4.99 Å². The van der Waals surface area contributed by atoms with Crippen LogP contribution < -0.4 is 5.32 Å². The van der Waals surface area contributed by atoms with Gasteiger partial charge in [0, 0.05) is 51.8 Å². The average molecular weight is 496 g/mol. The molecule has 0 aliphatic carbocycles. The van der Waals surface area contributed by atoms with Crippen molar-refractivity contribution >= 4 is 29.9 Å². The lowest BCUT2D eigenvalue weighted by Gasteiger charge is -2.38. The van der Waals surface area contributed by atoms with Gasteiger partial charge in [-0.15, -0.1) is 24.0 Å². The molecule has 27 heavy (non-hydrogen) atoms. The Morgan fingerprint density at radius 3 is 2.41 bits per heavy atom. The highest BCUT2D eigenvalue weighted by Crippen LogP contribution is 2.21. The number of ether oxygens (including phenoxy) is 2. The van der Waals surface area contributed by atoms with Crippen molar-refractivity contribution in [2.75, 3.05) is 66.2 Å². The van der Waals surface area contributed by atoms with Gasteiger partial charge in [0.1, 0.15) is 0 Å². The second-order valence-corrected chi connectivity index (χ2v) is 7.60. The van der Waals surface area contributed by atoms with Crippen LogP contribution >= 0.6 is 24.0 Å². The summed E-state index contributed by atoms with van der Waals surface area (Å²) in [7, 11) is 2.15. The molecule has 0 aromatic heterocycles. The predicted molar refractivity (Wildman–Crippen MR) is 123 cm³/mol. The van der Waals surface area contributed by atoms with Crippen molar-refractivity contribution in [3.8, 4) is 0 Å². The maximum Gasteiger partial charge on any atom is 0.193 e.